The molecule has 6 atom stereocenters. The van der Waals surface area contributed by atoms with Crippen LogP contribution in [0.4, 0.5) is 4.79 Å². The second-order valence-electron chi connectivity index (χ2n) is 14.6. The molecule has 0 radical (unpaired) electrons. The Morgan fingerprint density at radius 1 is 0.755 bits per heavy atom. The molecule has 290 valence electrons. The van der Waals surface area contributed by atoms with Crippen molar-refractivity contribution in [2.24, 2.45) is 17.8 Å². The van der Waals surface area contributed by atoms with Crippen LogP contribution >= 0.6 is 7.37 Å². The van der Waals surface area contributed by atoms with Gasteiger partial charge < -0.3 is 36.0 Å². The van der Waals surface area contributed by atoms with Crippen molar-refractivity contribution in [2.45, 2.75) is 97.7 Å². The molecule has 12 nitrogen and oxygen atoms in total. The lowest BCUT2D eigenvalue weighted by molar-refractivity contribution is -0.130. The van der Waals surface area contributed by atoms with E-state index in [-0.39, 0.29) is 50.2 Å². The van der Waals surface area contributed by atoms with Crippen LogP contribution in [0, 0.1) is 17.8 Å². The second kappa shape index (κ2) is 20.8. The number of ether oxygens (including phenoxy) is 1. The van der Waals surface area contributed by atoms with Gasteiger partial charge in [-0.05, 0) is 52.5 Å². The van der Waals surface area contributed by atoms with Crippen molar-refractivity contribution in [3.05, 3.63) is 83.9 Å². The molecule has 3 unspecified atom stereocenters. The summed E-state index contributed by atoms with van der Waals surface area (Å²) in [6.45, 7) is 10.9. The highest BCUT2D eigenvalue weighted by atomic mass is 31.2. The standard InChI is InChI=1S/C40H57N4O8P/c1-7-28(6)35(23-45)41-36(46)25-53(50,51)37(21-27(4)5)44-39(48)33(20-26(2)3)42-38(47)34(43-40(49)52-24-29-14-9-8-10-15-29)22-31-18-13-17-30-16-11-12-19-32(30)31/h8-19,26-28,33-35,37,45H,7,20-25H2,1-6H3,(H,41,46)(H,42,47)(H,43,49)(H,44,48)(H,50,51)/t28?,33-,34-,35+,37?/m0/s1. The number of aliphatic hydroxyl groups is 1. The molecule has 0 saturated heterocycles. The molecule has 3 aromatic carbocycles. The number of amides is 4. The Kier molecular flexibility index (Phi) is 17.0. The quantitative estimate of drug-likeness (QED) is 0.0819. The predicted octanol–water partition coefficient (Wildman–Crippen LogP) is 5.49. The molecule has 4 amide bonds. The number of alkyl carbamates (subject to hydrolysis) is 1. The summed E-state index contributed by atoms with van der Waals surface area (Å²) in [7, 11) is -4.33. The highest BCUT2D eigenvalue weighted by molar-refractivity contribution is 7.59. The first-order chi connectivity index (χ1) is 25.1. The van der Waals surface area contributed by atoms with Crippen LogP contribution in [0.1, 0.15) is 71.9 Å². The molecular formula is C40H57N4O8P. The number of hydrogen-bond donors (Lipinski definition) is 6. The molecule has 0 fully saturated rings. The first kappa shape index (κ1) is 43.2. The van der Waals surface area contributed by atoms with Gasteiger partial charge in [0.25, 0.3) is 0 Å². The largest absolute Gasteiger partial charge is 0.445 e. The van der Waals surface area contributed by atoms with Crippen molar-refractivity contribution in [1.82, 2.24) is 21.3 Å². The molecule has 13 heteroatoms. The van der Waals surface area contributed by atoms with Crippen molar-refractivity contribution < 1.29 is 38.5 Å². The van der Waals surface area contributed by atoms with Gasteiger partial charge in [-0.3, -0.25) is 18.9 Å². The first-order valence-corrected chi connectivity index (χ1v) is 20.3. The number of aliphatic hydroxyl groups excluding tert-OH is 1. The smallest absolute Gasteiger partial charge is 0.408 e. The van der Waals surface area contributed by atoms with Crippen LogP contribution < -0.4 is 21.3 Å². The Labute approximate surface area is 313 Å². The second-order valence-corrected chi connectivity index (χ2v) is 17.1. The predicted molar refractivity (Wildman–Crippen MR) is 207 cm³/mol. The lowest BCUT2D eigenvalue weighted by atomic mass is 9.97. The molecule has 3 rings (SSSR count). The van der Waals surface area contributed by atoms with Crippen LogP contribution in [0.3, 0.4) is 0 Å². The fourth-order valence-electron chi connectivity index (χ4n) is 6.04. The zero-order chi connectivity index (χ0) is 39.1. The van der Waals surface area contributed by atoms with Crippen LogP contribution in [0.25, 0.3) is 10.8 Å². The topological polar surface area (TPSA) is 183 Å². The summed E-state index contributed by atoms with van der Waals surface area (Å²) in [6.07, 6.45) is -0.499. The van der Waals surface area contributed by atoms with Crippen molar-refractivity contribution >= 4 is 42.0 Å². The van der Waals surface area contributed by atoms with E-state index in [2.05, 4.69) is 21.3 Å². The molecule has 0 spiro atoms. The summed E-state index contributed by atoms with van der Waals surface area (Å²) >= 11 is 0. The van der Waals surface area contributed by atoms with Gasteiger partial charge in [0, 0.05) is 6.42 Å². The number of benzene rings is 3. The van der Waals surface area contributed by atoms with Crippen molar-refractivity contribution in [2.75, 3.05) is 12.8 Å². The molecule has 0 bridgehead atoms. The van der Waals surface area contributed by atoms with E-state index in [9.17, 15) is 33.7 Å². The molecular weight excluding hydrogens is 695 g/mol. The number of rotatable bonds is 20. The summed E-state index contributed by atoms with van der Waals surface area (Å²) in [5, 5.41) is 22.4. The fraction of sp³-hybridized carbons (Fsp3) is 0.500. The summed E-state index contributed by atoms with van der Waals surface area (Å²) < 4.78 is 19.2. The number of carbonyl (C=O) groups excluding carboxylic acids is 4. The van der Waals surface area contributed by atoms with E-state index in [0.717, 1.165) is 21.9 Å². The third-order valence-corrected chi connectivity index (χ3v) is 11.3. The van der Waals surface area contributed by atoms with Gasteiger partial charge in [-0.1, -0.05) is 121 Å². The van der Waals surface area contributed by atoms with Crippen LogP contribution in [0.5, 0.6) is 0 Å². The number of fused-ring (bicyclic) bond motifs is 1. The van der Waals surface area contributed by atoms with E-state index in [4.69, 9.17) is 4.74 Å². The highest BCUT2D eigenvalue weighted by Crippen LogP contribution is 2.47. The fourth-order valence-corrected chi connectivity index (χ4v) is 7.84. The molecule has 0 aliphatic rings. The summed E-state index contributed by atoms with van der Waals surface area (Å²) in [5.74, 6) is -3.55. The van der Waals surface area contributed by atoms with Crippen LogP contribution in [0.2, 0.25) is 0 Å². The molecule has 0 aliphatic heterocycles. The van der Waals surface area contributed by atoms with Gasteiger partial charge in [-0.2, -0.15) is 0 Å². The van der Waals surface area contributed by atoms with Crippen molar-refractivity contribution in [1.29, 1.82) is 0 Å². The SMILES string of the molecule is CCC(C)[C@@H](CO)NC(=O)CP(=O)(O)C(CC(C)C)NC(=O)[C@H](CC(C)C)NC(=O)[C@H](Cc1cccc2ccccc12)NC(=O)OCc1ccccc1. The summed E-state index contributed by atoms with van der Waals surface area (Å²) in [6, 6.07) is 19.6. The van der Waals surface area contributed by atoms with Gasteiger partial charge in [0.15, 0.2) is 0 Å². The maximum absolute atomic E-state index is 14.1. The van der Waals surface area contributed by atoms with Crippen LogP contribution in [-0.2, 0) is 36.7 Å². The minimum Gasteiger partial charge on any atom is -0.445 e. The average molecular weight is 753 g/mol. The van der Waals surface area contributed by atoms with E-state index in [1.807, 2.05) is 114 Å². The van der Waals surface area contributed by atoms with Gasteiger partial charge in [-0.15, -0.1) is 0 Å². The third-order valence-electron chi connectivity index (χ3n) is 9.20. The van der Waals surface area contributed by atoms with E-state index in [1.165, 1.54) is 0 Å². The minimum atomic E-state index is -4.33. The maximum atomic E-state index is 14.1. The van der Waals surface area contributed by atoms with E-state index >= 15 is 0 Å². The highest BCUT2D eigenvalue weighted by Gasteiger charge is 2.38. The molecule has 53 heavy (non-hydrogen) atoms. The Hall–Kier alpha value is -4.25. The van der Waals surface area contributed by atoms with Gasteiger partial charge in [0.05, 0.1) is 12.6 Å². The Bertz CT molecular complexity index is 1700. The summed E-state index contributed by atoms with van der Waals surface area (Å²) in [4.78, 5) is 65.2. The van der Waals surface area contributed by atoms with Gasteiger partial charge >= 0.3 is 6.09 Å². The van der Waals surface area contributed by atoms with Crippen LogP contribution in [-0.4, -0.2) is 70.5 Å². The van der Waals surface area contributed by atoms with Gasteiger partial charge in [0.1, 0.15) is 30.6 Å². The van der Waals surface area contributed by atoms with Crippen molar-refractivity contribution in [3.63, 3.8) is 0 Å². The zero-order valence-corrected chi connectivity index (χ0v) is 32.6. The maximum Gasteiger partial charge on any atom is 0.408 e. The summed E-state index contributed by atoms with van der Waals surface area (Å²) in [5.41, 5.74) is 1.56. The Morgan fingerprint density at radius 3 is 2.02 bits per heavy atom. The number of nitrogens with one attached hydrogen (secondary N) is 4. The monoisotopic (exact) mass is 752 g/mol. The molecule has 0 heterocycles. The van der Waals surface area contributed by atoms with Gasteiger partial charge in [0.2, 0.25) is 25.1 Å². The third kappa shape index (κ3) is 13.9. The Morgan fingerprint density at radius 2 is 1.38 bits per heavy atom. The van der Waals surface area contributed by atoms with E-state index in [1.54, 1.807) is 0 Å². The normalized spacial score (nSPS) is 15.4. The number of hydrogen-bond acceptors (Lipinski definition) is 7. The lowest BCUT2D eigenvalue weighted by Gasteiger charge is -2.30. The van der Waals surface area contributed by atoms with Crippen LogP contribution in [0.15, 0.2) is 72.8 Å². The molecule has 0 saturated carbocycles. The zero-order valence-electron chi connectivity index (χ0n) is 31.7. The van der Waals surface area contributed by atoms with E-state index in [0.29, 0.717) is 6.42 Å². The average Bonchev–Trinajstić information content (AvgIpc) is 3.11. The molecule has 0 aromatic heterocycles. The lowest BCUT2D eigenvalue weighted by Crippen LogP contribution is -2.56. The first-order valence-electron chi connectivity index (χ1n) is 18.4. The minimum absolute atomic E-state index is 0.0115. The number of carbonyl (C=O) groups is 4. The molecule has 0 aliphatic carbocycles. The molecule has 6 N–H and O–H groups in total. The molecule has 3 aromatic rings. The van der Waals surface area contributed by atoms with E-state index < -0.39 is 61.3 Å². The Balaban J connectivity index is 1.84. The van der Waals surface area contributed by atoms with Gasteiger partial charge in [-0.25, -0.2) is 4.79 Å². The van der Waals surface area contributed by atoms with Crippen molar-refractivity contribution in [3.8, 4) is 0 Å².